The first-order chi connectivity index (χ1) is 9.24. The Labute approximate surface area is 112 Å². The van der Waals surface area contributed by atoms with Crippen LogP contribution in [0, 0.1) is 17.2 Å². The number of nitrogens with zero attached hydrogens (tertiary/aromatic N) is 1. The third-order valence-electron chi connectivity index (χ3n) is 3.30. The fourth-order valence-electron chi connectivity index (χ4n) is 2.32. The van der Waals surface area contributed by atoms with Crippen LogP contribution in [0.1, 0.15) is 18.1 Å². The molecular formula is C14H17NO4. The summed E-state index contributed by atoms with van der Waals surface area (Å²) < 4.78 is 21.7. The molecule has 0 spiro atoms. The van der Waals surface area contributed by atoms with Crippen molar-refractivity contribution in [1.82, 2.24) is 0 Å². The zero-order chi connectivity index (χ0) is 13.8. The van der Waals surface area contributed by atoms with E-state index in [0.717, 1.165) is 12.0 Å². The van der Waals surface area contributed by atoms with Gasteiger partial charge in [-0.3, -0.25) is 0 Å². The molecule has 1 aromatic carbocycles. The maximum Gasteiger partial charge on any atom is 0.132 e. The van der Waals surface area contributed by atoms with Crippen molar-refractivity contribution in [3.63, 3.8) is 0 Å². The number of methoxy groups -OCH3 is 3. The van der Waals surface area contributed by atoms with Gasteiger partial charge in [-0.1, -0.05) is 0 Å². The van der Waals surface area contributed by atoms with E-state index in [1.165, 1.54) is 0 Å². The average Bonchev–Trinajstić information content (AvgIpc) is 2.93. The molecule has 1 heterocycles. The second-order valence-corrected chi connectivity index (χ2v) is 4.26. The smallest absolute Gasteiger partial charge is 0.132 e. The Bertz CT molecular complexity index is 470. The second-order valence-electron chi connectivity index (χ2n) is 4.26. The maximum atomic E-state index is 9.19. The van der Waals surface area contributed by atoms with E-state index in [1.54, 1.807) is 33.5 Å². The number of ether oxygens (including phenoxy) is 4. The van der Waals surface area contributed by atoms with Crippen LogP contribution in [0.3, 0.4) is 0 Å². The Balaban J connectivity index is 2.51. The molecule has 2 unspecified atom stereocenters. The molecule has 0 N–H and O–H groups in total. The van der Waals surface area contributed by atoms with E-state index in [1.807, 2.05) is 0 Å². The van der Waals surface area contributed by atoms with E-state index in [2.05, 4.69) is 6.07 Å². The van der Waals surface area contributed by atoms with Gasteiger partial charge >= 0.3 is 0 Å². The van der Waals surface area contributed by atoms with Crippen molar-refractivity contribution in [2.75, 3.05) is 27.9 Å². The van der Waals surface area contributed by atoms with Crippen LogP contribution in [0.5, 0.6) is 17.2 Å². The molecule has 2 rings (SSSR count). The summed E-state index contributed by atoms with van der Waals surface area (Å²) in [6, 6.07) is 5.82. The highest BCUT2D eigenvalue weighted by Gasteiger charge is 2.34. The van der Waals surface area contributed by atoms with Gasteiger partial charge in [0, 0.05) is 18.7 Å². The highest BCUT2D eigenvalue weighted by atomic mass is 16.5. The average molecular weight is 263 g/mol. The lowest BCUT2D eigenvalue weighted by molar-refractivity contribution is 0.0958. The van der Waals surface area contributed by atoms with Gasteiger partial charge in [0.25, 0.3) is 0 Å². The summed E-state index contributed by atoms with van der Waals surface area (Å²) in [4.78, 5) is 0. The quantitative estimate of drug-likeness (QED) is 0.834. The summed E-state index contributed by atoms with van der Waals surface area (Å²) in [5, 5.41) is 9.19. The Morgan fingerprint density at radius 3 is 2.26 bits per heavy atom. The third kappa shape index (κ3) is 2.45. The highest BCUT2D eigenvalue weighted by Crippen LogP contribution is 2.45. The second kappa shape index (κ2) is 5.81. The molecule has 5 heteroatoms. The molecule has 1 aromatic rings. The van der Waals surface area contributed by atoms with Crippen LogP contribution in [0.15, 0.2) is 12.1 Å². The molecule has 2 atom stereocenters. The van der Waals surface area contributed by atoms with Gasteiger partial charge < -0.3 is 18.9 Å². The van der Waals surface area contributed by atoms with Crippen molar-refractivity contribution < 1.29 is 18.9 Å². The summed E-state index contributed by atoms with van der Waals surface area (Å²) in [7, 11) is 4.74. The minimum atomic E-state index is -0.319. The first-order valence-corrected chi connectivity index (χ1v) is 6.06. The van der Waals surface area contributed by atoms with Crippen LogP contribution in [0.25, 0.3) is 0 Å². The summed E-state index contributed by atoms with van der Waals surface area (Å²) in [5.41, 5.74) is 0.773. The molecular weight excluding hydrogens is 246 g/mol. The summed E-state index contributed by atoms with van der Waals surface area (Å²) in [6.45, 7) is 0.571. The molecule has 0 aromatic heterocycles. The zero-order valence-electron chi connectivity index (χ0n) is 11.3. The monoisotopic (exact) mass is 263 g/mol. The van der Waals surface area contributed by atoms with Gasteiger partial charge in [-0.25, -0.2) is 0 Å². The summed E-state index contributed by atoms with van der Waals surface area (Å²) in [6.07, 6.45) is 0.403. The van der Waals surface area contributed by atoms with Crippen molar-refractivity contribution >= 4 is 0 Å². The molecule has 102 valence electrons. The van der Waals surface area contributed by atoms with Gasteiger partial charge in [-0.2, -0.15) is 5.26 Å². The van der Waals surface area contributed by atoms with E-state index in [9.17, 15) is 5.26 Å². The van der Waals surface area contributed by atoms with Gasteiger partial charge in [0.2, 0.25) is 0 Å². The minimum Gasteiger partial charge on any atom is -0.496 e. The first kappa shape index (κ1) is 13.5. The number of benzene rings is 1. The Morgan fingerprint density at radius 1 is 1.16 bits per heavy atom. The molecule has 1 fully saturated rings. The molecule has 0 bridgehead atoms. The predicted octanol–water partition coefficient (Wildman–Crippen LogP) is 2.31. The normalized spacial score (nSPS) is 21.8. The lowest BCUT2D eigenvalue weighted by atomic mass is 9.95. The van der Waals surface area contributed by atoms with Crippen molar-refractivity contribution in [2.24, 2.45) is 5.92 Å². The third-order valence-corrected chi connectivity index (χ3v) is 3.30. The summed E-state index contributed by atoms with van der Waals surface area (Å²) in [5.74, 6) is 1.69. The van der Waals surface area contributed by atoms with Crippen molar-refractivity contribution in [2.45, 2.75) is 12.5 Å². The number of hydrogen-bond acceptors (Lipinski definition) is 5. The van der Waals surface area contributed by atoms with E-state index >= 15 is 0 Å². The Kier molecular flexibility index (Phi) is 4.13. The lowest BCUT2D eigenvalue weighted by Crippen LogP contribution is -2.09. The highest BCUT2D eigenvalue weighted by molar-refractivity contribution is 5.52. The lowest BCUT2D eigenvalue weighted by Gasteiger charge is -2.20. The molecule has 0 saturated carbocycles. The maximum absolute atomic E-state index is 9.19. The summed E-state index contributed by atoms with van der Waals surface area (Å²) >= 11 is 0. The molecule has 1 aliphatic rings. The zero-order valence-corrected chi connectivity index (χ0v) is 11.3. The number of nitriles is 1. The van der Waals surface area contributed by atoms with Crippen LogP contribution < -0.4 is 14.2 Å². The Morgan fingerprint density at radius 2 is 1.79 bits per heavy atom. The topological polar surface area (TPSA) is 60.7 Å². The van der Waals surface area contributed by atoms with Gasteiger partial charge in [0.15, 0.2) is 0 Å². The SMILES string of the molecule is COc1cc(OC)c(C2OCCC2C#N)c(OC)c1. The fraction of sp³-hybridized carbons (Fsp3) is 0.500. The predicted molar refractivity (Wildman–Crippen MR) is 68.5 cm³/mol. The van der Waals surface area contributed by atoms with E-state index in [0.29, 0.717) is 23.9 Å². The number of rotatable bonds is 4. The molecule has 0 amide bonds. The van der Waals surface area contributed by atoms with E-state index in [4.69, 9.17) is 18.9 Å². The van der Waals surface area contributed by atoms with E-state index < -0.39 is 0 Å². The molecule has 0 aliphatic carbocycles. The van der Waals surface area contributed by atoms with Crippen LogP contribution in [0.4, 0.5) is 0 Å². The largest absolute Gasteiger partial charge is 0.496 e. The standard InChI is InChI=1S/C14H17NO4/c1-16-10-6-11(17-2)13(12(7-10)18-3)14-9(8-15)4-5-19-14/h6-7,9,14H,4-5H2,1-3H3. The van der Waals surface area contributed by atoms with Crippen LogP contribution in [-0.2, 0) is 4.74 Å². The number of hydrogen-bond donors (Lipinski definition) is 0. The Hall–Kier alpha value is -1.93. The van der Waals surface area contributed by atoms with Crippen molar-refractivity contribution in [1.29, 1.82) is 5.26 Å². The molecule has 1 saturated heterocycles. The molecule has 19 heavy (non-hydrogen) atoms. The van der Waals surface area contributed by atoms with Crippen molar-refractivity contribution in [3.8, 4) is 23.3 Å². The van der Waals surface area contributed by atoms with Gasteiger partial charge in [-0.15, -0.1) is 0 Å². The molecule has 1 aliphatic heterocycles. The fourth-order valence-corrected chi connectivity index (χ4v) is 2.32. The van der Waals surface area contributed by atoms with Crippen LogP contribution in [0.2, 0.25) is 0 Å². The molecule has 0 radical (unpaired) electrons. The van der Waals surface area contributed by atoms with Crippen LogP contribution in [-0.4, -0.2) is 27.9 Å². The van der Waals surface area contributed by atoms with Gasteiger partial charge in [0.05, 0.1) is 38.9 Å². The first-order valence-electron chi connectivity index (χ1n) is 6.06. The van der Waals surface area contributed by atoms with E-state index in [-0.39, 0.29) is 12.0 Å². The van der Waals surface area contributed by atoms with Crippen LogP contribution >= 0.6 is 0 Å². The molecule has 5 nitrogen and oxygen atoms in total. The van der Waals surface area contributed by atoms with Gasteiger partial charge in [0.1, 0.15) is 23.4 Å². The minimum absolute atomic E-state index is 0.184. The van der Waals surface area contributed by atoms with Crippen molar-refractivity contribution in [3.05, 3.63) is 17.7 Å². The van der Waals surface area contributed by atoms with Gasteiger partial charge in [-0.05, 0) is 6.42 Å².